The highest BCUT2D eigenvalue weighted by atomic mass is 32.1. The number of nitrogens with one attached hydrogen (secondary N) is 1. The molecule has 2 aliphatic heterocycles. The van der Waals surface area contributed by atoms with Crippen LogP contribution < -0.4 is 5.32 Å². The van der Waals surface area contributed by atoms with Crippen molar-refractivity contribution in [3.63, 3.8) is 0 Å². The van der Waals surface area contributed by atoms with Crippen molar-refractivity contribution in [1.82, 2.24) is 15.2 Å². The van der Waals surface area contributed by atoms with Gasteiger partial charge in [-0.1, -0.05) is 0 Å². The van der Waals surface area contributed by atoms with E-state index in [-0.39, 0.29) is 0 Å². The van der Waals surface area contributed by atoms with Gasteiger partial charge in [0.15, 0.2) is 0 Å². The minimum absolute atomic E-state index is 0.859. The van der Waals surface area contributed by atoms with E-state index < -0.39 is 0 Å². The topological polar surface area (TPSA) is 28.2 Å². The summed E-state index contributed by atoms with van der Waals surface area (Å²) in [5, 5.41) is 4.85. The summed E-state index contributed by atoms with van der Waals surface area (Å²) in [4.78, 5) is 8.52. The lowest BCUT2D eigenvalue weighted by molar-refractivity contribution is 0.133. The molecule has 0 spiro atoms. The number of rotatable bonds is 4. The number of thiazole rings is 1. The van der Waals surface area contributed by atoms with Crippen LogP contribution in [0.5, 0.6) is 0 Å². The zero-order valence-electron chi connectivity index (χ0n) is 12.3. The van der Waals surface area contributed by atoms with Gasteiger partial charge in [-0.3, -0.25) is 0 Å². The fourth-order valence-corrected chi connectivity index (χ4v) is 4.72. The smallest absolute Gasteiger partial charge is 0.0900 e. The third-order valence-corrected chi connectivity index (χ3v) is 5.99. The van der Waals surface area contributed by atoms with Gasteiger partial charge in [-0.15, -0.1) is 11.3 Å². The van der Waals surface area contributed by atoms with Gasteiger partial charge < -0.3 is 10.2 Å². The van der Waals surface area contributed by atoms with Crippen molar-refractivity contribution in [2.45, 2.75) is 58.2 Å². The Morgan fingerprint density at radius 3 is 2.53 bits per heavy atom. The minimum atomic E-state index is 0.859. The van der Waals surface area contributed by atoms with Crippen molar-refractivity contribution in [2.24, 2.45) is 5.92 Å². The van der Waals surface area contributed by atoms with Crippen molar-refractivity contribution < 1.29 is 0 Å². The zero-order valence-corrected chi connectivity index (χ0v) is 13.1. The maximum atomic E-state index is 4.49. The van der Waals surface area contributed by atoms with Gasteiger partial charge in [0.1, 0.15) is 0 Å². The van der Waals surface area contributed by atoms with Gasteiger partial charge in [0.25, 0.3) is 0 Å². The molecule has 19 heavy (non-hydrogen) atoms. The second-order valence-electron chi connectivity index (χ2n) is 6.26. The first-order valence-electron chi connectivity index (χ1n) is 7.49. The normalized spacial score (nSPS) is 31.0. The molecule has 2 aliphatic rings. The molecule has 0 amide bonds. The molecule has 3 rings (SSSR count). The van der Waals surface area contributed by atoms with Crippen LogP contribution in [0, 0.1) is 19.8 Å². The summed E-state index contributed by atoms with van der Waals surface area (Å²) in [6.45, 7) is 6.39. The molecule has 1 aromatic heterocycles. The SMILES string of the molecule is Cc1nc(C)c(CNCC2CC3CCC(C2)N3C)s1. The first kappa shape index (κ1) is 13.5. The van der Waals surface area contributed by atoms with Crippen molar-refractivity contribution in [2.75, 3.05) is 13.6 Å². The Hall–Kier alpha value is -0.450. The van der Waals surface area contributed by atoms with Crippen LogP contribution in [0.2, 0.25) is 0 Å². The average Bonchev–Trinajstić information content (AvgIpc) is 2.77. The number of nitrogens with zero attached hydrogens (tertiary/aromatic N) is 2. The predicted molar refractivity (Wildman–Crippen MR) is 80.6 cm³/mol. The molecule has 106 valence electrons. The molecule has 0 aliphatic carbocycles. The standard InChI is InChI=1S/C15H25N3S/c1-10-15(19-11(2)17-10)9-16-8-12-6-13-4-5-14(7-12)18(13)3/h12-14,16H,4-9H2,1-3H3. The van der Waals surface area contributed by atoms with Gasteiger partial charge in [-0.25, -0.2) is 4.98 Å². The number of aromatic nitrogens is 1. The highest BCUT2D eigenvalue weighted by molar-refractivity contribution is 7.11. The van der Waals surface area contributed by atoms with E-state index in [0.717, 1.165) is 24.5 Å². The lowest BCUT2D eigenvalue weighted by Crippen LogP contribution is -2.42. The van der Waals surface area contributed by atoms with Gasteiger partial charge in [-0.2, -0.15) is 0 Å². The number of fused-ring (bicyclic) bond motifs is 2. The largest absolute Gasteiger partial charge is 0.312 e. The first-order chi connectivity index (χ1) is 9.13. The highest BCUT2D eigenvalue weighted by Crippen LogP contribution is 2.37. The van der Waals surface area contributed by atoms with Gasteiger partial charge in [0.2, 0.25) is 0 Å². The molecule has 1 N–H and O–H groups in total. The van der Waals surface area contributed by atoms with E-state index in [1.807, 2.05) is 11.3 Å². The van der Waals surface area contributed by atoms with Crippen LogP contribution in [-0.4, -0.2) is 35.6 Å². The fourth-order valence-electron chi connectivity index (χ4n) is 3.82. The molecule has 2 bridgehead atoms. The summed E-state index contributed by atoms with van der Waals surface area (Å²) in [5.41, 5.74) is 1.21. The second kappa shape index (κ2) is 5.51. The van der Waals surface area contributed by atoms with Crippen molar-refractivity contribution in [1.29, 1.82) is 0 Å². The second-order valence-corrected chi connectivity index (χ2v) is 7.55. The number of hydrogen-bond donors (Lipinski definition) is 1. The van der Waals surface area contributed by atoms with Gasteiger partial charge in [0.05, 0.1) is 10.7 Å². The lowest BCUT2D eigenvalue weighted by Gasteiger charge is -2.36. The van der Waals surface area contributed by atoms with E-state index in [1.165, 1.54) is 47.8 Å². The number of aryl methyl sites for hydroxylation is 2. The van der Waals surface area contributed by atoms with E-state index in [9.17, 15) is 0 Å². The Morgan fingerprint density at radius 1 is 1.26 bits per heavy atom. The van der Waals surface area contributed by atoms with Crippen LogP contribution in [0.25, 0.3) is 0 Å². The van der Waals surface area contributed by atoms with Crippen molar-refractivity contribution in [3.8, 4) is 0 Å². The molecule has 4 heteroatoms. The molecule has 2 unspecified atom stereocenters. The predicted octanol–water partition coefficient (Wildman–Crippen LogP) is 2.72. The van der Waals surface area contributed by atoms with E-state index in [2.05, 4.69) is 36.1 Å². The summed E-state index contributed by atoms with van der Waals surface area (Å²) in [6.07, 6.45) is 5.62. The fraction of sp³-hybridized carbons (Fsp3) is 0.800. The Kier molecular flexibility index (Phi) is 3.92. The molecule has 2 saturated heterocycles. The molecule has 2 atom stereocenters. The molecule has 2 fully saturated rings. The molecule has 3 nitrogen and oxygen atoms in total. The van der Waals surface area contributed by atoms with Gasteiger partial charge in [-0.05, 0) is 59.0 Å². The molecule has 1 aromatic rings. The third kappa shape index (κ3) is 2.86. The summed E-state index contributed by atoms with van der Waals surface area (Å²) in [6, 6.07) is 1.72. The molecular weight excluding hydrogens is 254 g/mol. The van der Waals surface area contributed by atoms with E-state index in [4.69, 9.17) is 0 Å². The Labute approximate surface area is 120 Å². The summed E-state index contributed by atoms with van der Waals surface area (Å²) < 4.78 is 0. The van der Waals surface area contributed by atoms with Crippen molar-refractivity contribution in [3.05, 3.63) is 15.6 Å². The van der Waals surface area contributed by atoms with E-state index in [0.29, 0.717) is 0 Å². The van der Waals surface area contributed by atoms with E-state index >= 15 is 0 Å². The molecular formula is C15H25N3S. The average molecular weight is 279 g/mol. The highest BCUT2D eigenvalue weighted by Gasteiger charge is 2.37. The monoisotopic (exact) mass is 279 g/mol. The Balaban J connectivity index is 1.47. The van der Waals surface area contributed by atoms with Crippen LogP contribution in [-0.2, 0) is 6.54 Å². The number of hydrogen-bond acceptors (Lipinski definition) is 4. The summed E-state index contributed by atoms with van der Waals surface area (Å²) in [5.74, 6) is 0.878. The van der Waals surface area contributed by atoms with Gasteiger partial charge in [0, 0.05) is 23.5 Å². The summed E-state index contributed by atoms with van der Waals surface area (Å²) in [7, 11) is 2.31. The third-order valence-electron chi connectivity index (χ3n) is 4.91. The lowest BCUT2D eigenvalue weighted by atomic mass is 9.91. The molecule has 0 saturated carbocycles. The van der Waals surface area contributed by atoms with Crippen molar-refractivity contribution >= 4 is 11.3 Å². The van der Waals surface area contributed by atoms with Crippen LogP contribution >= 0.6 is 11.3 Å². The number of piperidine rings is 1. The summed E-state index contributed by atoms with van der Waals surface area (Å²) >= 11 is 1.83. The van der Waals surface area contributed by atoms with Crippen LogP contribution in [0.3, 0.4) is 0 Å². The molecule has 0 aromatic carbocycles. The quantitative estimate of drug-likeness (QED) is 0.918. The van der Waals surface area contributed by atoms with Gasteiger partial charge >= 0.3 is 0 Å². The molecule has 3 heterocycles. The maximum Gasteiger partial charge on any atom is 0.0900 e. The van der Waals surface area contributed by atoms with E-state index in [1.54, 1.807) is 0 Å². The zero-order chi connectivity index (χ0) is 13.4. The molecule has 0 radical (unpaired) electrons. The van der Waals surface area contributed by atoms with Crippen LogP contribution in [0.1, 0.15) is 41.3 Å². The minimum Gasteiger partial charge on any atom is -0.312 e. The van der Waals surface area contributed by atoms with Crippen LogP contribution in [0.15, 0.2) is 0 Å². The Morgan fingerprint density at radius 2 is 1.95 bits per heavy atom. The first-order valence-corrected chi connectivity index (χ1v) is 8.30. The maximum absolute atomic E-state index is 4.49. The Bertz CT molecular complexity index is 429. The van der Waals surface area contributed by atoms with Crippen LogP contribution in [0.4, 0.5) is 0 Å².